The van der Waals surface area contributed by atoms with Crippen molar-refractivity contribution in [2.24, 2.45) is 11.6 Å². The summed E-state index contributed by atoms with van der Waals surface area (Å²) in [4.78, 5) is 0. The van der Waals surface area contributed by atoms with Gasteiger partial charge in [0.15, 0.2) is 0 Å². The summed E-state index contributed by atoms with van der Waals surface area (Å²) in [7, 11) is 1.79. The number of rotatable bonds is 4. The summed E-state index contributed by atoms with van der Waals surface area (Å²) in [6.07, 6.45) is 3.36. The molecule has 1 unspecified atom stereocenters. The maximum atomic E-state index is 5.60. The van der Waals surface area contributed by atoms with Crippen LogP contribution >= 0.6 is 0 Å². The second-order valence-corrected chi connectivity index (χ2v) is 2.38. The first-order valence-electron chi connectivity index (χ1n) is 3.41. The average molecular weight is 131 g/mol. The molecule has 0 amide bonds. The van der Waals surface area contributed by atoms with Gasteiger partial charge in [-0.1, -0.05) is 19.8 Å². The van der Waals surface area contributed by atoms with Crippen molar-refractivity contribution in [3.63, 3.8) is 0 Å². The first-order valence-corrected chi connectivity index (χ1v) is 3.41. The van der Waals surface area contributed by atoms with Crippen molar-refractivity contribution < 1.29 is 0 Å². The van der Waals surface area contributed by atoms with E-state index in [9.17, 15) is 0 Å². The number of unbranched alkanes of at least 4 members (excludes halogenated alkanes) is 1. The van der Waals surface area contributed by atoms with Gasteiger partial charge in [-0.15, -0.1) is 0 Å². The monoisotopic (exact) mass is 131 g/mol. The van der Waals surface area contributed by atoms with Crippen LogP contribution < -0.4 is 11.6 Å². The van der Waals surface area contributed by atoms with Gasteiger partial charge in [-0.05, 0) is 6.42 Å². The first-order chi connectivity index (χ1) is 4.18. The van der Waals surface area contributed by atoms with Crippen LogP contribution in [0.5, 0.6) is 0 Å². The fourth-order valence-corrected chi connectivity index (χ4v) is 0.617. The Hall–Kier alpha value is -0.120. The molecule has 0 bridgehead atoms. The highest BCUT2D eigenvalue weighted by Gasteiger charge is 2.02. The van der Waals surface area contributed by atoms with E-state index in [-0.39, 0.29) is 6.17 Å². The van der Waals surface area contributed by atoms with E-state index < -0.39 is 0 Å². The Morgan fingerprint density at radius 3 is 2.44 bits per heavy atom. The normalized spacial score (nSPS) is 14.3. The highest BCUT2D eigenvalue weighted by Crippen LogP contribution is 1.97. The van der Waals surface area contributed by atoms with Gasteiger partial charge in [0, 0.05) is 7.05 Å². The number of nitrogens with two attached hydrogens (primary N) is 2. The maximum absolute atomic E-state index is 5.60. The molecule has 0 aliphatic rings. The van der Waals surface area contributed by atoms with Crippen molar-refractivity contribution in [2.75, 3.05) is 7.05 Å². The van der Waals surface area contributed by atoms with Gasteiger partial charge in [0.25, 0.3) is 0 Å². The van der Waals surface area contributed by atoms with Crippen molar-refractivity contribution >= 4 is 0 Å². The SMILES string of the molecule is CCCCC(N)N(C)N. The summed E-state index contributed by atoms with van der Waals surface area (Å²) in [6.45, 7) is 2.14. The molecule has 0 saturated carbocycles. The topological polar surface area (TPSA) is 55.3 Å². The Labute approximate surface area is 57.0 Å². The van der Waals surface area contributed by atoms with E-state index in [0.29, 0.717) is 0 Å². The second-order valence-electron chi connectivity index (χ2n) is 2.38. The van der Waals surface area contributed by atoms with Crippen LogP contribution in [0, 0.1) is 0 Å². The molecule has 3 heteroatoms. The molecule has 0 rings (SSSR count). The molecule has 1 atom stereocenters. The lowest BCUT2D eigenvalue weighted by atomic mass is 10.2. The van der Waals surface area contributed by atoms with Crippen molar-refractivity contribution in [3.05, 3.63) is 0 Å². The summed E-state index contributed by atoms with van der Waals surface area (Å²) in [5.41, 5.74) is 5.60. The molecular weight excluding hydrogens is 114 g/mol. The lowest BCUT2D eigenvalue weighted by Crippen LogP contribution is -2.43. The molecular formula is C6H17N3. The zero-order valence-corrected chi connectivity index (χ0v) is 6.30. The smallest absolute Gasteiger partial charge is 0.0702 e. The van der Waals surface area contributed by atoms with Gasteiger partial charge in [-0.25, -0.2) is 5.01 Å². The fraction of sp³-hybridized carbons (Fsp3) is 1.00. The highest BCUT2D eigenvalue weighted by atomic mass is 15.4. The first kappa shape index (κ1) is 8.88. The molecule has 0 aliphatic carbocycles. The Morgan fingerprint density at radius 1 is 1.56 bits per heavy atom. The van der Waals surface area contributed by atoms with Crippen molar-refractivity contribution in [2.45, 2.75) is 32.4 Å². The minimum absolute atomic E-state index is 0.0324. The molecule has 56 valence electrons. The summed E-state index contributed by atoms with van der Waals surface area (Å²) < 4.78 is 0. The van der Waals surface area contributed by atoms with Crippen LogP contribution in [-0.4, -0.2) is 18.2 Å². The van der Waals surface area contributed by atoms with Crippen molar-refractivity contribution in [1.29, 1.82) is 0 Å². The third kappa shape index (κ3) is 4.39. The van der Waals surface area contributed by atoms with Gasteiger partial charge >= 0.3 is 0 Å². The molecule has 3 nitrogen and oxygen atoms in total. The van der Waals surface area contributed by atoms with E-state index in [1.54, 1.807) is 12.1 Å². The van der Waals surface area contributed by atoms with Crippen LogP contribution in [0.1, 0.15) is 26.2 Å². The van der Waals surface area contributed by atoms with E-state index in [4.69, 9.17) is 11.6 Å². The average Bonchev–Trinajstić information content (AvgIpc) is 1.82. The highest BCUT2D eigenvalue weighted by molar-refractivity contribution is 4.54. The molecule has 0 radical (unpaired) electrons. The van der Waals surface area contributed by atoms with Crippen LogP contribution in [0.2, 0.25) is 0 Å². The van der Waals surface area contributed by atoms with Crippen molar-refractivity contribution in [3.8, 4) is 0 Å². The quantitative estimate of drug-likeness (QED) is 0.327. The third-order valence-corrected chi connectivity index (χ3v) is 1.38. The molecule has 0 aromatic rings. The van der Waals surface area contributed by atoms with Gasteiger partial charge in [-0.2, -0.15) is 0 Å². The Morgan fingerprint density at radius 2 is 2.11 bits per heavy atom. The molecule has 0 aromatic heterocycles. The number of hydrazine groups is 1. The van der Waals surface area contributed by atoms with E-state index in [1.807, 2.05) is 0 Å². The predicted molar refractivity (Wildman–Crippen MR) is 39.5 cm³/mol. The van der Waals surface area contributed by atoms with E-state index in [2.05, 4.69) is 6.92 Å². The molecule has 9 heavy (non-hydrogen) atoms. The standard InChI is InChI=1S/C6H17N3/c1-3-4-5-6(7)9(2)8/h6H,3-5,7-8H2,1-2H3. The summed E-state index contributed by atoms with van der Waals surface area (Å²) in [6, 6.07) is 0. The Kier molecular flexibility index (Phi) is 4.67. The van der Waals surface area contributed by atoms with Crippen molar-refractivity contribution in [1.82, 2.24) is 5.01 Å². The summed E-state index contributed by atoms with van der Waals surface area (Å²) in [5.74, 6) is 5.39. The fourth-order valence-electron chi connectivity index (χ4n) is 0.617. The zero-order chi connectivity index (χ0) is 7.28. The lowest BCUT2D eigenvalue weighted by molar-refractivity contribution is 0.238. The Bertz CT molecular complexity index is 63.3. The van der Waals surface area contributed by atoms with Gasteiger partial charge in [0.05, 0.1) is 6.17 Å². The van der Waals surface area contributed by atoms with Crippen LogP contribution in [-0.2, 0) is 0 Å². The van der Waals surface area contributed by atoms with Gasteiger partial charge in [0.1, 0.15) is 0 Å². The van der Waals surface area contributed by atoms with Crippen LogP contribution in [0.3, 0.4) is 0 Å². The molecule has 0 saturated heterocycles. The summed E-state index contributed by atoms with van der Waals surface area (Å²) >= 11 is 0. The van der Waals surface area contributed by atoms with Gasteiger partial charge in [-0.3, -0.25) is 5.84 Å². The number of nitrogens with zero attached hydrogens (tertiary/aromatic N) is 1. The molecule has 0 aliphatic heterocycles. The maximum Gasteiger partial charge on any atom is 0.0702 e. The molecule has 0 spiro atoms. The van der Waals surface area contributed by atoms with E-state index >= 15 is 0 Å². The summed E-state index contributed by atoms with van der Waals surface area (Å²) in [5, 5.41) is 1.55. The largest absolute Gasteiger partial charge is 0.315 e. The third-order valence-electron chi connectivity index (χ3n) is 1.38. The van der Waals surface area contributed by atoms with Crippen LogP contribution in [0.4, 0.5) is 0 Å². The zero-order valence-electron chi connectivity index (χ0n) is 6.30. The van der Waals surface area contributed by atoms with Crippen LogP contribution in [0.15, 0.2) is 0 Å². The molecule has 0 heterocycles. The minimum Gasteiger partial charge on any atom is -0.315 e. The number of hydrogen-bond donors (Lipinski definition) is 2. The van der Waals surface area contributed by atoms with E-state index in [0.717, 1.165) is 12.8 Å². The lowest BCUT2D eigenvalue weighted by Gasteiger charge is -2.18. The molecule has 0 aromatic carbocycles. The number of hydrogen-bond acceptors (Lipinski definition) is 3. The Balaban J connectivity index is 3.16. The van der Waals surface area contributed by atoms with E-state index in [1.165, 1.54) is 6.42 Å². The van der Waals surface area contributed by atoms with Gasteiger partial charge in [0.2, 0.25) is 0 Å². The minimum atomic E-state index is 0.0324. The predicted octanol–water partition coefficient (Wildman–Crippen LogP) is 0.267. The van der Waals surface area contributed by atoms with Gasteiger partial charge < -0.3 is 5.73 Å². The molecule has 4 N–H and O–H groups in total. The van der Waals surface area contributed by atoms with Crippen LogP contribution in [0.25, 0.3) is 0 Å². The molecule has 0 fully saturated rings. The second kappa shape index (κ2) is 4.73.